The van der Waals surface area contributed by atoms with E-state index in [4.69, 9.17) is 0 Å². The van der Waals surface area contributed by atoms with Crippen molar-refractivity contribution in [1.29, 1.82) is 0 Å². The van der Waals surface area contributed by atoms with E-state index in [9.17, 15) is 13.6 Å². The predicted molar refractivity (Wildman–Crippen MR) is 75.1 cm³/mol. The third kappa shape index (κ3) is 3.26. The monoisotopic (exact) mass is 293 g/mol. The molecule has 21 heavy (non-hydrogen) atoms. The first-order chi connectivity index (χ1) is 9.90. The molecule has 1 aromatic carbocycles. The smallest absolute Gasteiger partial charge is 0.251 e. The SMILES string of the molecule is Cc1nn(C)c(C)c1CCNC(=O)c1ccc(F)c(F)c1. The Bertz CT molecular complexity index is 680. The maximum absolute atomic E-state index is 13.1. The van der Waals surface area contributed by atoms with E-state index in [0.29, 0.717) is 13.0 Å². The van der Waals surface area contributed by atoms with Gasteiger partial charge >= 0.3 is 0 Å². The molecular weight excluding hydrogens is 276 g/mol. The molecular formula is C15H17F2N3O. The number of aryl methyl sites for hydroxylation is 2. The molecule has 0 atom stereocenters. The van der Waals surface area contributed by atoms with Crippen LogP contribution in [0.2, 0.25) is 0 Å². The highest BCUT2D eigenvalue weighted by atomic mass is 19.2. The molecule has 0 aliphatic heterocycles. The van der Waals surface area contributed by atoms with Crippen LogP contribution in [0.1, 0.15) is 27.3 Å². The lowest BCUT2D eigenvalue weighted by molar-refractivity contribution is 0.0953. The number of benzene rings is 1. The summed E-state index contributed by atoms with van der Waals surface area (Å²) in [5.41, 5.74) is 3.17. The molecule has 112 valence electrons. The Morgan fingerprint density at radius 2 is 2.00 bits per heavy atom. The van der Waals surface area contributed by atoms with E-state index in [-0.39, 0.29) is 5.56 Å². The molecule has 0 radical (unpaired) electrons. The Hall–Kier alpha value is -2.24. The van der Waals surface area contributed by atoms with Gasteiger partial charge < -0.3 is 5.32 Å². The van der Waals surface area contributed by atoms with E-state index in [1.807, 2.05) is 20.9 Å². The standard InChI is InChI=1S/C15H17F2N3O/c1-9-12(10(2)20(3)19-9)6-7-18-15(21)11-4-5-13(16)14(17)8-11/h4-5,8H,6-7H2,1-3H3,(H,18,21). The van der Waals surface area contributed by atoms with Crippen LogP contribution in [0.3, 0.4) is 0 Å². The minimum absolute atomic E-state index is 0.105. The van der Waals surface area contributed by atoms with Gasteiger partial charge in [-0.15, -0.1) is 0 Å². The topological polar surface area (TPSA) is 46.9 Å². The zero-order valence-electron chi connectivity index (χ0n) is 12.2. The van der Waals surface area contributed by atoms with E-state index in [0.717, 1.165) is 29.1 Å². The summed E-state index contributed by atoms with van der Waals surface area (Å²) >= 11 is 0. The lowest BCUT2D eigenvalue weighted by atomic mass is 10.1. The van der Waals surface area contributed by atoms with Crippen LogP contribution in [0.5, 0.6) is 0 Å². The van der Waals surface area contributed by atoms with E-state index < -0.39 is 17.5 Å². The highest BCUT2D eigenvalue weighted by Gasteiger charge is 2.11. The van der Waals surface area contributed by atoms with Gasteiger partial charge in [-0.05, 0) is 44.0 Å². The highest BCUT2D eigenvalue weighted by Crippen LogP contribution is 2.12. The average Bonchev–Trinajstić information content (AvgIpc) is 2.68. The van der Waals surface area contributed by atoms with Gasteiger partial charge in [0, 0.05) is 24.8 Å². The molecule has 0 saturated heterocycles. The van der Waals surface area contributed by atoms with Crippen LogP contribution in [0, 0.1) is 25.5 Å². The van der Waals surface area contributed by atoms with Gasteiger partial charge in [0.15, 0.2) is 11.6 Å². The third-order valence-electron chi connectivity index (χ3n) is 3.50. The fourth-order valence-electron chi connectivity index (χ4n) is 2.22. The summed E-state index contributed by atoms with van der Waals surface area (Å²) in [6.07, 6.45) is 0.640. The molecule has 2 aromatic rings. The first-order valence-electron chi connectivity index (χ1n) is 6.62. The van der Waals surface area contributed by atoms with Crippen LogP contribution in [-0.4, -0.2) is 22.2 Å². The number of nitrogens with zero attached hydrogens (tertiary/aromatic N) is 2. The van der Waals surface area contributed by atoms with E-state index in [1.54, 1.807) is 4.68 Å². The molecule has 0 fully saturated rings. The van der Waals surface area contributed by atoms with Crippen molar-refractivity contribution >= 4 is 5.91 Å². The van der Waals surface area contributed by atoms with Crippen LogP contribution in [0.4, 0.5) is 8.78 Å². The number of carbonyl (C=O) groups excluding carboxylic acids is 1. The van der Waals surface area contributed by atoms with Gasteiger partial charge in [-0.1, -0.05) is 0 Å². The zero-order chi connectivity index (χ0) is 15.6. The van der Waals surface area contributed by atoms with Crippen molar-refractivity contribution in [3.05, 3.63) is 52.3 Å². The maximum atomic E-state index is 13.1. The molecule has 0 unspecified atom stereocenters. The van der Waals surface area contributed by atoms with Crippen molar-refractivity contribution < 1.29 is 13.6 Å². The van der Waals surface area contributed by atoms with Crippen molar-refractivity contribution in [2.75, 3.05) is 6.54 Å². The average molecular weight is 293 g/mol. The fraction of sp³-hybridized carbons (Fsp3) is 0.333. The van der Waals surface area contributed by atoms with Gasteiger partial charge in [0.25, 0.3) is 5.91 Å². The molecule has 0 bridgehead atoms. The number of amides is 1. The third-order valence-corrected chi connectivity index (χ3v) is 3.50. The van der Waals surface area contributed by atoms with Crippen molar-refractivity contribution in [2.24, 2.45) is 7.05 Å². The summed E-state index contributed by atoms with van der Waals surface area (Å²) in [4.78, 5) is 11.9. The van der Waals surface area contributed by atoms with Crippen LogP contribution >= 0.6 is 0 Å². The summed E-state index contributed by atoms with van der Waals surface area (Å²) in [5, 5.41) is 6.99. The second kappa shape index (κ2) is 6.03. The maximum Gasteiger partial charge on any atom is 0.251 e. The molecule has 6 heteroatoms. The zero-order valence-corrected chi connectivity index (χ0v) is 12.2. The number of hydrogen-bond acceptors (Lipinski definition) is 2. The Morgan fingerprint density at radius 1 is 1.29 bits per heavy atom. The van der Waals surface area contributed by atoms with Crippen LogP contribution in [0.25, 0.3) is 0 Å². The Morgan fingerprint density at radius 3 is 2.57 bits per heavy atom. The van der Waals surface area contributed by atoms with Gasteiger partial charge in [0.1, 0.15) is 0 Å². The summed E-state index contributed by atoms with van der Waals surface area (Å²) in [6, 6.07) is 3.10. The van der Waals surface area contributed by atoms with Gasteiger partial charge in [0.05, 0.1) is 5.69 Å². The predicted octanol–water partition coefficient (Wildman–Crippen LogP) is 2.29. The second-order valence-electron chi connectivity index (χ2n) is 4.91. The molecule has 0 aliphatic carbocycles. The molecule has 1 heterocycles. The van der Waals surface area contributed by atoms with Crippen molar-refractivity contribution in [3.8, 4) is 0 Å². The highest BCUT2D eigenvalue weighted by molar-refractivity contribution is 5.94. The first kappa shape index (κ1) is 15.2. The summed E-state index contributed by atoms with van der Waals surface area (Å²) in [6.45, 7) is 4.29. The van der Waals surface area contributed by atoms with Gasteiger partial charge in [-0.2, -0.15) is 5.10 Å². The Balaban J connectivity index is 1.97. The van der Waals surface area contributed by atoms with Gasteiger partial charge in [-0.25, -0.2) is 8.78 Å². The molecule has 4 nitrogen and oxygen atoms in total. The first-order valence-corrected chi connectivity index (χ1v) is 6.62. The van der Waals surface area contributed by atoms with E-state index >= 15 is 0 Å². The van der Waals surface area contributed by atoms with E-state index in [1.165, 1.54) is 6.07 Å². The van der Waals surface area contributed by atoms with E-state index in [2.05, 4.69) is 10.4 Å². The molecule has 0 aliphatic rings. The number of carbonyl (C=O) groups is 1. The molecule has 0 spiro atoms. The summed E-state index contributed by atoms with van der Waals surface area (Å²) in [5.74, 6) is -2.41. The number of rotatable bonds is 4. The fourth-order valence-corrected chi connectivity index (χ4v) is 2.22. The molecule has 1 aromatic heterocycles. The van der Waals surface area contributed by atoms with Crippen molar-refractivity contribution in [1.82, 2.24) is 15.1 Å². The Labute approximate surface area is 121 Å². The number of nitrogens with one attached hydrogen (secondary N) is 1. The lowest BCUT2D eigenvalue weighted by Gasteiger charge is -2.06. The van der Waals surface area contributed by atoms with Crippen molar-refractivity contribution in [3.63, 3.8) is 0 Å². The molecule has 2 rings (SSSR count). The minimum Gasteiger partial charge on any atom is -0.352 e. The van der Waals surface area contributed by atoms with Crippen LogP contribution < -0.4 is 5.32 Å². The largest absolute Gasteiger partial charge is 0.352 e. The normalized spacial score (nSPS) is 10.7. The number of halogens is 2. The lowest BCUT2D eigenvalue weighted by Crippen LogP contribution is -2.26. The molecule has 0 saturated carbocycles. The van der Waals surface area contributed by atoms with Gasteiger partial charge in [0.2, 0.25) is 0 Å². The summed E-state index contributed by atoms with van der Waals surface area (Å²) in [7, 11) is 1.87. The van der Waals surface area contributed by atoms with Crippen LogP contribution in [0.15, 0.2) is 18.2 Å². The van der Waals surface area contributed by atoms with Crippen LogP contribution in [-0.2, 0) is 13.5 Å². The summed E-state index contributed by atoms with van der Waals surface area (Å²) < 4.78 is 27.7. The van der Waals surface area contributed by atoms with Crippen molar-refractivity contribution in [2.45, 2.75) is 20.3 Å². The minimum atomic E-state index is -1.03. The second-order valence-corrected chi connectivity index (χ2v) is 4.91. The quantitative estimate of drug-likeness (QED) is 0.940. The molecule has 1 N–H and O–H groups in total. The molecule has 1 amide bonds. The Kier molecular flexibility index (Phi) is 4.35. The number of aromatic nitrogens is 2. The van der Waals surface area contributed by atoms with Gasteiger partial charge in [-0.3, -0.25) is 9.48 Å². The number of hydrogen-bond donors (Lipinski definition) is 1.